The lowest BCUT2D eigenvalue weighted by Gasteiger charge is -2.52. The Morgan fingerprint density at radius 1 is 0.854 bits per heavy atom. The van der Waals surface area contributed by atoms with Crippen LogP contribution < -0.4 is 5.32 Å². The van der Waals surface area contributed by atoms with Gasteiger partial charge in [0, 0.05) is 37.3 Å². The molecule has 1 spiro atoms. The number of nitrogens with one attached hydrogen (secondary N) is 2. The van der Waals surface area contributed by atoms with E-state index in [1.54, 1.807) is 0 Å². The molecule has 3 heterocycles. The Hall–Kier alpha value is -4.23. The Bertz CT molecular complexity index is 1470. The second kappa shape index (κ2) is 11.3. The van der Waals surface area contributed by atoms with Crippen LogP contribution in [0.1, 0.15) is 52.5 Å². The maximum absolute atomic E-state index is 14.2. The van der Waals surface area contributed by atoms with Gasteiger partial charge in [0.15, 0.2) is 0 Å². The number of aromatic nitrogens is 2. The summed E-state index contributed by atoms with van der Waals surface area (Å²) in [7, 11) is 0. The lowest BCUT2D eigenvalue weighted by molar-refractivity contribution is -0.162. The van der Waals surface area contributed by atoms with Crippen molar-refractivity contribution in [3.05, 3.63) is 125 Å². The van der Waals surface area contributed by atoms with Crippen molar-refractivity contribution >= 4 is 11.8 Å². The average molecular weight is 548 g/mol. The van der Waals surface area contributed by atoms with Crippen LogP contribution in [0.4, 0.5) is 0 Å². The van der Waals surface area contributed by atoms with Gasteiger partial charge in [-0.1, -0.05) is 91.0 Å². The van der Waals surface area contributed by atoms with Gasteiger partial charge in [-0.05, 0) is 43.4 Å². The van der Waals surface area contributed by atoms with Crippen molar-refractivity contribution in [1.82, 2.24) is 25.3 Å². The number of carbonyl (C=O) groups excluding carboxylic acids is 2. The van der Waals surface area contributed by atoms with E-state index in [4.69, 9.17) is 0 Å². The van der Waals surface area contributed by atoms with Crippen molar-refractivity contribution in [1.29, 1.82) is 0 Å². The molecule has 2 saturated heterocycles. The van der Waals surface area contributed by atoms with Crippen molar-refractivity contribution in [3.8, 4) is 0 Å². The molecule has 2 aliphatic heterocycles. The number of hydrogen-bond donors (Lipinski definition) is 2. The highest BCUT2D eigenvalue weighted by Crippen LogP contribution is 2.40. The molecule has 41 heavy (non-hydrogen) atoms. The molecule has 2 amide bonds. The smallest absolute Gasteiger partial charge is 0.246 e. The van der Waals surface area contributed by atoms with Crippen LogP contribution in [0.3, 0.4) is 0 Å². The molecule has 2 N–H and O–H groups in total. The van der Waals surface area contributed by atoms with E-state index < -0.39 is 11.6 Å². The molecule has 0 aliphatic carbocycles. The molecular weight excluding hydrogens is 510 g/mol. The van der Waals surface area contributed by atoms with Gasteiger partial charge in [0.1, 0.15) is 11.6 Å². The summed E-state index contributed by atoms with van der Waals surface area (Å²) in [5.74, 6) is -0.0487. The van der Waals surface area contributed by atoms with E-state index in [1.807, 2.05) is 78.6 Å². The van der Waals surface area contributed by atoms with Crippen molar-refractivity contribution < 1.29 is 9.59 Å². The Labute approximate surface area is 241 Å². The summed E-state index contributed by atoms with van der Waals surface area (Å²) in [5, 5.41) is 10.8. The zero-order valence-electron chi connectivity index (χ0n) is 23.7. The van der Waals surface area contributed by atoms with Gasteiger partial charge >= 0.3 is 0 Å². The Kier molecular flexibility index (Phi) is 7.45. The van der Waals surface area contributed by atoms with Crippen molar-refractivity contribution in [2.75, 3.05) is 13.1 Å². The largest absolute Gasteiger partial charge is 0.342 e. The number of aryl methyl sites for hydroxylation is 2. The van der Waals surface area contributed by atoms with Gasteiger partial charge in [0.25, 0.3) is 0 Å². The Balaban J connectivity index is 1.31. The van der Waals surface area contributed by atoms with Gasteiger partial charge in [-0.15, -0.1) is 0 Å². The van der Waals surface area contributed by atoms with Crippen LogP contribution in [-0.4, -0.2) is 56.5 Å². The minimum Gasteiger partial charge on any atom is -0.342 e. The highest BCUT2D eigenvalue weighted by molar-refractivity contribution is 6.00. The Morgan fingerprint density at radius 2 is 1.44 bits per heavy atom. The minimum absolute atomic E-state index is 0.00751. The molecule has 4 aromatic rings. The quantitative estimate of drug-likeness (QED) is 0.351. The third-order valence-electron chi connectivity index (χ3n) is 8.84. The summed E-state index contributed by atoms with van der Waals surface area (Å²) in [6, 6.07) is 29.9. The first-order chi connectivity index (χ1) is 20.0. The first kappa shape index (κ1) is 27.0. The SMILES string of the molecule is Cc1n[nH]c(C)c1C(c1ccccc1)N1CCC2(CC1)C(=O)NC(Cc1ccccc1)C(=O)N2Cc1ccccc1. The highest BCUT2D eigenvalue weighted by Gasteiger charge is 2.54. The Morgan fingerprint density at radius 3 is 2.02 bits per heavy atom. The summed E-state index contributed by atoms with van der Waals surface area (Å²) >= 11 is 0. The normalized spacial score (nSPS) is 19.8. The molecule has 6 rings (SSSR count). The standard InChI is InChI=1S/C34H37N5O2/c1-24-30(25(2)37-36-24)31(28-16-10-5-11-17-28)38-20-18-34(19-21-38)33(41)35-29(22-26-12-6-3-7-13-26)32(40)39(34)23-27-14-8-4-9-15-27/h3-17,29,31H,18-23H2,1-2H3,(H,35,41)(H,36,37). The van der Waals surface area contributed by atoms with Crippen molar-refractivity contribution in [2.24, 2.45) is 0 Å². The van der Waals surface area contributed by atoms with E-state index >= 15 is 0 Å². The summed E-state index contributed by atoms with van der Waals surface area (Å²) in [6.45, 7) is 5.89. The molecule has 7 nitrogen and oxygen atoms in total. The predicted molar refractivity (Wildman–Crippen MR) is 159 cm³/mol. The zero-order chi connectivity index (χ0) is 28.4. The molecule has 0 saturated carbocycles. The van der Waals surface area contributed by atoms with Crippen LogP contribution in [0, 0.1) is 13.8 Å². The fraction of sp³-hybridized carbons (Fsp3) is 0.324. The number of likely N-dealkylation sites (tertiary alicyclic amines) is 1. The molecular formula is C34H37N5O2. The van der Waals surface area contributed by atoms with Gasteiger partial charge < -0.3 is 10.2 Å². The van der Waals surface area contributed by atoms with Gasteiger partial charge in [0.2, 0.25) is 11.8 Å². The third-order valence-corrected chi connectivity index (χ3v) is 8.84. The summed E-state index contributed by atoms with van der Waals surface area (Å²) < 4.78 is 0. The van der Waals surface area contributed by atoms with Crippen LogP contribution in [-0.2, 0) is 22.6 Å². The monoisotopic (exact) mass is 547 g/mol. The molecule has 210 valence electrons. The average Bonchev–Trinajstić information content (AvgIpc) is 3.34. The molecule has 7 heteroatoms. The van der Waals surface area contributed by atoms with Crippen LogP contribution in [0.25, 0.3) is 0 Å². The number of aromatic amines is 1. The lowest BCUT2D eigenvalue weighted by Crippen LogP contribution is -2.72. The van der Waals surface area contributed by atoms with Gasteiger partial charge in [0.05, 0.1) is 11.7 Å². The summed E-state index contributed by atoms with van der Waals surface area (Å²) in [5.41, 5.74) is 5.59. The zero-order valence-corrected chi connectivity index (χ0v) is 23.7. The van der Waals surface area contributed by atoms with E-state index in [0.717, 1.165) is 22.5 Å². The number of carbonyl (C=O) groups is 2. The predicted octanol–water partition coefficient (Wildman–Crippen LogP) is 4.72. The molecule has 2 unspecified atom stereocenters. The first-order valence-electron chi connectivity index (χ1n) is 14.5. The number of H-pyrrole nitrogens is 1. The number of hydrogen-bond acceptors (Lipinski definition) is 4. The fourth-order valence-corrected chi connectivity index (χ4v) is 6.67. The van der Waals surface area contributed by atoms with Gasteiger partial charge in [-0.3, -0.25) is 19.6 Å². The molecule has 1 aromatic heterocycles. The lowest BCUT2D eigenvalue weighted by atomic mass is 9.79. The van der Waals surface area contributed by atoms with Crippen LogP contribution in [0.5, 0.6) is 0 Å². The van der Waals surface area contributed by atoms with E-state index in [2.05, 4.69) is 51.6 Å². The topological polar surface area (TPSA) is 81.3 Å². The van der Waals surface area contributed by atoms with Crippen LogP contribution in [0.2, 0.25) is 0 Å². The second-order valence-corrected chi connectivity index (χ2v) is 11.4. The molecule has 2 fully saturated rings. The highest BCUT2D eigenvalue weighted by atomic mass is 16.2. The van der Waals surface area contributed by atoms with E-state index in [-0.39, 0.29) is 17.9 Å². The summed E-state index contributed by atoms with van der Waals surface area (Å²) in [4.78, 5) is 32.5. The number of piperazine rings is 1. The molecule has 0 radical (unpaired) electrons. The third kappa shape index (κ3) is 5.18. The van der Waals surface area contributed by atoms with Gasteiger partial charge in [-0.25, -0.2) is 0 Å². The van der Waals surface area contributed by atoms with Crippen molar-refractivity contribution in [3.63, 3.8) is 0 Å². The molecule has 2 aliphatic rings. The summed E-state index contributed by atoms with van der Waals surface area (Å²) in [6.07, 6.45) is 1.61. The van der Waals surface area contributed by atoms with Crippen LogP contribution in [0.15, 0.2) is 91.0 Å². The maximum Gasteiger partial charge on any atom is 0.246 e. The molecule has 0 bridgehead atoms. The number of piperidine rings is 1. The number of amides is 2. The van der Waals surface area contributed by atoms with E-state index in [1.165, 1.54) is 11.1 Å². The number of benzene rings is 3. The maximum atomic E-state index is 14.2. The number of rotatable bonds is 7. The van der Waals surface area contributed by atoms with Crippen molar-refractivity contribution in [2.45, 2.75) is 57.3 Å². The van der Waals surface area contributed by atoms with Crippen LogP contribution >= 0.6 is 0 Å². The number of nitrogens with zero attached hydrogens (tertiary/aromatic N) is 3. The van der Waals surface area contributed by atoms with Gasteiger partial charge in [-0.2, -0.15) is 5.10 Å². The van der Waals surface area contributed by atoms with E-state index in [9.17, 15) is 9.59 Å². The first-order valence-corrected chi connectivity index (χ1v) is 14.5. The van der Waals surface area contributed by atoms with E-state index in [0.29, 0.717) is 38.9 Å². The molecule has 2 atom stereocenters. The fourth-order valence-electron chi connectivity index (χ4n) is 6.67. The second-order valence-electron chi connectivity index (χ2n) is 11.4. The minimum atomic E-state index is -0.891. The molecule has 3 aromatic carbocycles.